The molecule has 0 aliphatic heterocycles. The van der Waals surface area contributed by atoms with Gasteiger partial charge in [0.2, 0.25) is 0 Å². The summed E-state index contributed by atoms with van der Waals surface area (Å²) in [4.78, 5) is 0. The van der Waals surface area contributed by atoms with Crippen molar-refractivity contribution in [1.82, 2.24) is 0 Å². The maximum absolute atomic E-state index is 5.42. The molecule has 0 saturated carbocycles. The highest BCUT2D eigenvalue weighted by atomic mass is 35.5. The molecule has 1 atom stereocenters. The molecule has 0 saturated heterocycles. The predicted molar refractivity (Wildman–Crippen MR) is 35.0 cm³/mol. The Bertz CT molecular complexity index is 96.8. The van der Waals surface area contributed by atoms with E-state index in [-0.39, 0.29) is 6.10 Å². The van der Waals surface area contributed by atoms with Gasteiger partial charge in [0, 0.05) is 7.11 Å². The highest BCUT2D eigenvalue weighted by molar-refractivity contribution is 6.18. The SMILES string of the molecule is CC#CC(CCl)OC. The molecule has 8 heavy (non-hydrogen) atoms. The van der Waals surface area contributed by atoms with Crippen LogP contribution >= 0.6 is 11.6 Å². The topological polar surface area (TPSA) is 9.23 Å². The van der Waals surface area contributed by atoms with Crippen molar-refractivity contribution in [2.75, 3.05) is 13.0 Å². The van der Waals surface area contributed by atoms with E-state index in [1.165, 1.54) is 0 Å². The second kappa shape index (κ2) is 4.96. The summed E-state index contributed by atoms with van der Waals surface area (Å²) in [6, 6.07) is 0. The van der Waals surface area contributed by atoms with Crippen LogP contribution in [-0.2, 0) is 4.74 Å². The molecule has 0 aliphatic carbocycles. The van der Waals surface area contributed by atoms with Crippen molar-refractivity contribution < 1.29 is 4.74 Å². The number of hydrogen-bond acceptors (Lipinski definition) is 1. The van der Waals surface area contributed by atoms with Crippen LogP contribution in [0.3, 0.4) is 0 Å². The molecule has 0 aromatic heterocycles. The fraction of sp³-hybridized carbons (Fsp3) is 0.667. The normalized spacial score (nSPS) is 11.9. The van der Waals surface area contributed by atoms with Crippen molar-refractivity contribution in [3.05, 3.63) is 0 Å². The van der Waals surface area contributed by atoms with Gasteiger partial charge < -0.3 is 4.74 Å². The summed E-state index contributed by atoms with van der Waals surface area (Å²) in [5.41, 5.74) is 0. The number of rotatable bonds is 2. The van der Waals surface area contributed by atoms with Crippen molar-refractivity contribution in [3.8, 4) is 11.8 Å². The van der Waals surface area contributed by atoms with Crippen molar-refractivity contribution in [2.45, 2.75) is 13.0 Å². The summed E-state index contributed by atoms with van der Waals surface area (Å²) < 4.78 is 4.83. The van der Waals surface area contributed by atoms with E-state index >= 15 is 0 Å². The van der Waals surface area contributed by atoms with Crippen LogP contribution in [0.4, 0.5) is 0 Å². The third-order valence-corrected chi connectivity index (χ3v) is 1.01. The lowest BCUT2D eigenvalue weighted by Gasteiger charge is -2.00. The van der Waals surface area contributed by atoms with E-state index in [2.05, 4.69) is 11.8 Å². The average molecular weight is 133 g/mol. The Morgan fingerprint density at radius 1 is 1.75 bits per heavy atom. The Balaban J connectivity index is 3.47. The maximum atomic E-state index is 5.42. The van der Waals surface area contributed by atoms with Crippen LogP contribution < -0.4 is 0 Å². The van der Waals surface area contributed by atoms with Gasteiger partial charge >= 0.3 is 0 Å². The predicted octanol–water partition coefficient (Wildman–Crippen LogP) is 1.26. The van der Waals surface area contributed by atoms with Crippen molar-refractivity contribution in [1.29, 1.82) is 0 Å². The number of hydrogen-bond donors (Lipinski definition) is 0. The van der Waals surface area contributed by atoms with Gasteiger partial charge in [0.15, 0.2) is 0 Å². The molecule has 46 valence electrons. The monoisotopic (exact) mass is 132 g/mol. The van der Waals surface area contributed by atoms with Gasteiger partial charge in [0.25, 0.3) is 0 Å². The van der Waals surface area contributed by atoms with E-state index in [4.69, 9.17) is 16.3 Å². The smallest absolute Gasteiger partial charge is 0.131 e. The molecule has 0 aromatic rings. The second-order valence-corrected chi connectivity index (χ2v) is 1.58. The Hall–Kier alpha value is -0.190. The molecule has 0 fully saturated rings. The molecule has 0 radical (unpaired) electrons. The molecule has 0 aliphatic rings. The molecule has 2 heteroatoms. The third-order valence-electron chi connectivity index (χ3n) is 0.730. The van der Waals surface area contributed by atoms with E-state index in [1.807, 2.05) is 0 Å². The molecule has 1 unspecified atom stereocenters. The zero-order valence-electron chi connectivity index (χ0n) is 5.07. The van der Waals surface area contributed by atoms with Crippen LogP contribution in [0.1, 0.15) is 6.92 Å². The minimum Gasteiger partial charge on any atom is -0.368 e. The van der Waals surface area contributed by atoms with E-state index in [0.29, 0.717) is 5.88 Å². The first-order valence-corrected chi connectivity index (χ1v) is 2.89. The Kier molecular flexibility index (Phi) is 4.84. The van der Waals surface area contributed by atoms with E-state index in [9.17, 15) is 0 Å². The van der Waals surface area contributed by atoms with Gasteiger partial charge in [0.05, 0.1) is 5.88 Å². The number of halogens is 1. The van der Waals surface area contributed by atoms with Gasteiger partial charge in [-0.05, 0) is 6.92 Å². The highest BCUT2D eigenvalue weighted by Gasteiger charge is 1.95. The first kappa shape index (κ1) is 7.81. The van der Waals surface area contributed by atoms with Crippen LogP contribution in [0, 0.1) is 11.8 Å². The minimum atomic E-state index is -0.0957. The van der Waals surface area contributed by atoms with Crippen molar-refractivity contribution >= 4 is 11.6 Å². The fourth-order valence-corrected chi connectivity index (χ4v) is 0.525. The lowest BCUT2D eigenvalue weighted by atomic mass is 10.4. The van der Waals surface area contributed by atoms with Crippen LogP contribution in [0.2, 0.25) is 0 Å². The highest BCUT2D eigenvalue weighted by Crippen LogP contribution is 1.89. The number of ether oxygens (including phenoxy) is 1. The molecule has 0 heterocycles. The first-order chi connectivity index (χ1) is 3.85. The molecule has 0 rings (SSSR count). The minimum absolute atomic E-state index is 0.0957. The number of methoxy groups -OCH3 is 1. The van der Waals surface area contributed by atoms with Crippen LogP contribution in [0.25, 0.3) is 0 Å². The van der Waals surface area contributed by atoms with Gasteiger partial charge in [-0.1, -0.05) is 5.92 Å². The maximum Gasteiger partial charge on any atom is 0.131 e. The number of alkyl halides is 1. The fourth-order valence-electron chi connectivity index (χ4n) is 0.321. The zero-order valence-corrected chi connectivity index (χ0v) is 5.83. The molecule has 0 N–H and O–H groups in total. The standard InChI is InChI=1S/C6H9ClO/c1-3-4-6(5-7)8-2/h6H,5H2,1-2H3. The van der Waals surface area contributed by atoms with Crippen LogP contribution in [0.5, 0.6) is 0 Å². The van der Waals surface area contributed by atoms with Gasteiger partial charge in [-0.15, -0.1) is 17.5 Å². The van der Waals surface area contributed by atoms with E-state index in [0.717, 1.165) is 0 Å². The van der Waals surface area contributed by atoms with Gasteiger partial charge in [-0.2, -0.15) is 0 Å². The summed E-state index contributed by atoms with van der Waals surface area (Å²) in [6.07, 6.45) is -0.0957. The van der Waals surface area contributed by atoms with Gasteiger partial charge in [-0.3, -0.25) is 0 Å². The van der Waals surface area contributed by atoms with Crippen molar-refractivity contribution in [2.24, 2.45) is 0 Å². The summed E-state index contributed by atoms with van der Waals surface area (Å²) in [6.45, 7) is 1.76. The van der Waals surface area contributed by atoms with Crippen LogP contribution in [0.15, 0.2) is 0 Å². The summed E-state index contributed by atoms with van der Waals surface area (Å²) in [5.74, 6) is 5.93. The van der Waals surface area contributed by atoms with Gasteiger partial charge in [-0.25, -0.2) is 0 Å². The van der Waals surface area contributed by atoms with E-state index < -0.39 is 0 Å². The zero-order chi connectivity index (χ0) is 6.41. The Morgan fingerprint density at radius 2 is 2.38 bits per heavy atom. The lowest BCUT2D eigenvalue weighted by molar-refractivity contribution is 0.166. The molecule has 1 nitrogen and oxygen atoms in total. The molecular weight excluding hydrogens is 124 g/mol. The molecule has 0 spiro atoms. The largest absolute Gasteiger partial charge is 0.368 e. The molecule has 0 amide bonds. The quantitative estimate of drug-likeness (QED) is 0.406. The third kappa shape index (κ3) is 2.90. The second-order valence-electron chi connectivity index (χ2n) is 1.27. The Morgan fingerprint density at radius 3 is 2.50 bits per heavy atom. The summed E-state index contributed by atoms with van der Waals surface area (Å²) >= 11 is 5.42. The van der Waals surface area contributed by atoms with Crippen LogP contribution in [-0.4, -0.2) is 19.1 Å². The van der Waals surface area contributed by atoms with Crippen molar-refractivity contribution in [3.63, 3.8) is 0 Å². The molecular formula is C6H9ClO. The first-order valence-electron chi connectivity index (χ1n) is 2.36. The molecule has 0 aromatic carbocycles. The lowest BCUT2D eigenvalue weighted by Crippen LogP contribution is -2.08. The van der Waals surface area contributed by atoms with E-state index in [1.54, 1.807) is 14.0 Å². The Labute approximate surface area is 55.0 Å². The average Bonchev–Trinajstić information content (AvgIpc) is 1.83. The van der Waals surface area contributed by atoms with Gasteiger partial charge in [0.1, 0.15) is 6.10 Å². The summed E-state index contributed by atoms with van der Waals surface area (Å²) in [7, 11) is 1.59. The summed E-state index contributed by atoms with van der Waals surface area (Å²) in [5, 5.41) is 0. The molecule has 0 bridgehead atoms.